The van der Waals surface area contributed by atoms with E-state index in [2.05, 4.69) is 16.7 Å². The second-order valence-electron chi connectivity index (χ2n) is 4.52. The van der Waals surface area contributed by atoms with Crippen LogP contribution < -0.4 is 5.73 Å². The number of nitrogens with zero attached hydrogens (tertiary/aromatic N) is 1. The van der Waals surface area contributed by atoms with Crippen LogP contribution in [0.25, 0.3) is 0 Å². The van der Waals surface area contributed by atoms with Gasteiger partial charge in [0.25, 0.3) is 0 Å². The highest BCUT2D eigenvalue weighted by Crippen LogP contribution is 2.31. The molecule has 0 saturated heterocycles. The molecule has 0 aromatic carbocycles. The Morgan fingerprint density at radius 3 is 2.88 bits per heavy atom. The number of rotatable bonds is 4. The summed E-state index contributed by atoms with van der Waals surface area (Å²) in [5.74, 6) is 1.07. The molecule has 0 radical (unpaired) electrons. The fourth-order valence-electron chi connectivity index (χ4n) is 2.02. The van der Waals surface area contributed by atoms with Gasteiger partial charge in [0.15, 0.2) is 0 Å². The zero-order valence-electron chi connectivity index (χ0n) is 9.82. The van der Waals surface area contributed by atoms with Gasteiger partial charge in [0, 0.05) is 28.1 Å². The van der Waals surface area contributed by atoms with Crippen molar-refractivity contribution in [2.45, 2.75) is 56.1 Å². The Bertz CT molecular complexity index is 317. The molecule has 1 atom stereocenters. The van der Waals surface area contributed by atoms with E-state index >= 15 is 0 Å². The van der Waals surface area contributed by atoms with Gasteiger partial charge in [0.05, 0.1) is 0 Å². The lowest BCUT2D eigenvalue weighted by Crippen LogP contribution is -2.08. The first-order valence-electron chi connectivity index (χ1n) is 6.07. The highest BCUT2D eigenvalue weighted by molar-refractivity contribution is 7.99. The Morgan fingerprint density at radius 2 is 2.25 bits per heavy atom. The van der Waals surface area contributed by atoms with Gasteiger partial charge in [-0.05, 0) is 19.8 Å². The fourth-order valence-corrected chi connectivity index (χ4v) is 4.25. The molecule has 1 aliphatic carbocycles. The molecule has 0 bridgehead atoms. The fraction of sp³-hybridized carbons (Fsp3) is 0.750. The van der Waals surface area contributed by atoms with Crippen LogP contribution in [0.2, 0.25) is 0 Å². The van der Waals surface area contributed by atoms with Crippen molar-refractivity contribution < 1.29 is 0 Å². The molecule has 0 aliphatic heterocycles. The molecule has 90 valence electrons. The quantitative estimate of drug-likeness (QED) is 0.892. The molecule has 1 saturated carbocycles. The van der Waals surface area contributed by atoms with E-state index in [1.165, 1.54) is 42.0 Å². The van der Waals surface area contributed by atoms with Gasteiger partial charge in [-0.2, -0.15) is 11.8 Å². The molecule has 1 fully saturated rings. The Morgan fingerprint density at radius 1 is 1.50 bits per heavy atom. The molecule has 1 aromatic rings. The predicted molar refractivity (Wildman–Crippen MR) is 72.9 cm³/mol. The minimum absolute atomic E-state index is 0.130. The third-order valence-corrected chi connectivity index (χ3v) is 5.78. The smallest absolute Gasteiger partial charge is 0.103 e. The maximum atomic E-state index is 5.83. The third kappa shape index (κ3) is 3.47. The molecule has 1 aliphatic rings. The van der Waals surface area contributed by atoms with Gasteiger partial charge >= 0.3 is 0 Å². The maximum Gasteiger partial charge on any atom is 0.103 e. The van der Waals surface area contributed by atoms with E-state index in [9.17, 15) is 0 Å². The van der Waals surface area contributed by atoms with E-state index in [0.717, 1.165) is 11.0 Å². The summed E-state index contributed by atoms with van der Waals surface area (Å²) in [6.07, 6.45) is 9.00. The summed E-state index contributed by atoms with van der Waals surface area (Å²) >= 11 is 3.86. The van der Waals surface area contributed by atoms with Crippen molar-refractivity contribution in [3.8, 4) is 0 Å². The minimum Gasteiger partial charge on any atom is -0.323 e. The molecular weight excluding hydrogens is 236 g/mol. The number of hydrogen-bond acceptors (Lipinski definition) is 4. The van der Waals surface area contributed by atoms with Crippen molar-refractivity contribution in [2.75, 3.05) is 0 Å². The molecule has 1 unspecified atom stereocenters. The van der Waals surface area contributed by atoms with Crippen molar-refractivity contribution in [1.29, 1.82) is 0 Å². The largest absolute Gasteiger partial charge is 0.323 e. The van der Waals surface area contributed by atoms with E-state index in [1.807, 2.05) is 13.1 Å². The third-order valence-electron chi connectivity index (χ3n) is 3.01. The first kappa shape index (κ1) is 12.4. The van der Waals surface area contributed by atoms with E-state index in [0.29, 0.717) is 0 Å². The van der Waals surface area contributed by atoms with E-state index in [4.69, 9.17) is 5.73 Å². The lowest BCUT2D eigenvalue weighted by molar-refractivity contribution is 0.516. The predicted octanol–water partition coefficient (Wildman–Crippen LogP) is 3.73. The van der Waals surface area contributed by atoms with Gasteiger partial charge in [-0.3, -0.25) is 0 Å². The van der Waals surface area contributed by atoms with Crippen LogP contribution in [-0.2, 0) is 5.75 Å². The van der Waals surface area contributed by atoms with E-state index in [-0.39, 0.29) is 6.04 Å². The number of thiazole rings is 1. The van der Waals surface area contributed by atoms with Gasteiger partial charge in [-0.15, -0.1) is 11.3 Å². The Labute approximate surface area is 106 Å². The lowest BCUT2D eigenvalue weighted by Gasteiger charge is -2.20. The topological polar surface area (TPSA) is 38.9 Å². The SMILES string of the molecule is CC(N)c1cnc(CSC2CCCCC2)s1. The van der Waals surface area contributed by atoms with Crippen LogP contribution in [0.4, 0.5) is 0 Å². The van der Waals surface area contributed by atoms with Crippen LogP contribution in [-0.4, -0.2) is 10.2 Å². The van der Waals surface area contributed by atoms with Crippen LogP contribution in [0.15, 0.2) is 6.20 Å². The maximum absolute atomic E-state index is 5.83. The Balaban J connectivity index is 1.79. The Hall–Kier alpha value is -0.0600. The van der Waals surface area contributed by atoms with Gasteiger partial charge in [-0.1, -0.05) is 19.3 Å². The standard InChI is InChI=1S/C12H20N2S2/c1-9(13)11-7-14-12(16-11)8-15-10-5-3-2-4-6-10/h7,9-10H,2-6,8,13H2,1H3. The molecule has 0 amide bonds. The molecule has 2 N–H and O–H groups in total. The number of hydrogen-bond donors (Lipinski definition) is 1. The summed E-state index contributed by atoms with van der Waals surface area (Å²) in [4.78, 5) is 5.65. The summed E-state index contributed by atoms with van der Waals surface area (Å²) in [7, 11) is 0. The monoisotopic (exact) mass is 256 g/mol. The molecule has 2 rings (SSSR count). The second kappa shape index (κ2) is 6.03. The highest BCUT2D eigenvalue weighted by Gasteiger charge is 2.14. The number of nitrogens with two attached hydrogens (primary N) is 1. The molecule has 1 heterocycles. The van der Waals surface area contributed by atoms with E-state index < -0.39 is 0 Å². The van der Waals surface area contributed by atoms with Crippen LogP contribution >= 0.6 is 23.1 Å². The highest BCUT2D eigenvalue weighted by atomic mass is 32.2. The Kier molecular flexibility index (Phi) is 4.67. The molecule has 4 heteroatoms. The van der Waals surface area contributed by atoms with Crippen LogP contribution in [0, 0.1) is 0 Å². The lowest BCUT2D eigenvalue weighted by atomic mass is 10.0. The van der Waals surface area contributed by atoms with Gasteiger partial charge in [0.1, 0.15) is 5.01 Å². The van der Waals surface area contributed by atoms with Crippen LogP contribution in [0.5, 0.6) is 0 Å². The van der Waals surface area contributed by atoms with Gasteiger partial charge < -0.3 is 5.73 Å². The summed E-state index contributed by atoms with van der Waals surface area (Å²) in [6.45, 7) is 2.02. The van der Waals surface area contributed by atoms with Crippen molar-refractivity contribution >= 4 is 23.1 Å². The van der Waals surface area contributed by atoms with Gasteiger partial charge in [0.2, 0.25) is 0 Å². The zero-order valence-corrected chi connectivity index (χ0v) is 11.4. The minimum atomic E-state index is 0.130. The average molecular weight is 256 g/mol. The van der Waals surface area contributed by atoms with E-state index in [1.54, 1.807) is 11.3 Å². The van der Waals surface area contributed by atoms with Crippen molar-refractivity contribution in [3.05, 3.63) is 16.1 Å². The molecule has 1 aromatic heterocycles. The summed E-state index contributed by atoms with van der Waals surface area (Å²) in [6, 6.07) is 0.130. The molecular formula is C12H20N2S2. The van der Waals surface area contributed by atoms with Gasteiger partial charge in [-0.25, -0.2) is 4.98 Å². The molecule has 0 spiro atoms. The van der Waals surface area contributed by atoms with Crippen LogP contribution in [0.1, 0.15) is 55.0 Å². The van der Waals surface area contributed by atoms with Crippen molar-refractivity contribution in [3.63, 3.8) is 0 Å². The molecule has 2 nitrogen and oxygen atoms in total. The summed E-state index contributed by atoms with van der Waals surface area (Å²) in [5, 5.41) is 2.11. The zero-order chi connectivity index (χ0) is 11.4. The van der Waals surface area contributed by atoms with Crippen LogP contribution in [0.3, 0.4) is 0 Å². The first-order valence-corrected chi connectivity index (χ1v) is 7.94. The summed E-state index contributed by atoms with van der Waals surface area (Å²) < 4.78 is 0. The number of aromatic nitrogens is 1. The normalized spacial score (nSPS) is 19.9. The summed E-state index contributed by atoms with van der Waals surface area (Å²) in [5.41, 5.74) is 5.83. The van der Waals surface area contributed by atoms with Crippen molar-refractivity contribution in [1.82, 2.24) is 4.98 Å². The average Bonchev–Trinajstić information content (AvgIpc) is 2.76. The second-order valence-corrected chi connectivity index (χ2v) is 6.95. The first-order chi connectivity index (χ1) is 7.75. The molecule has 16 heavy (non-hydrogen) atoms. The van der Waals surface area contributed by atoms with Crippen molar-refractivity contribution in [2.24, 2.45) is 5.73 Å². The number of thioether (sulfide) groups is 1.